The predicted molar refractivity (Wildman–Crippen MR) is 77.2 cm³/mol. The van der Waals surface area contributed by atoms with E-state index in [1.165, 1.54) is 0 Å². The molecule has 0 saturated carbocycles. The highest BCUT2D eigenvalue weighted by Gasteiger charge is 2.07. The molecule has 3 nitrogen and oxygen atoms in total. The van der Waals surface area contributed by atoms with Gasteiger partial charge < -0.3 is 9.14 Å². The van der Waals surface area contributed by atoms with Crippen molar-refractivity contribution in [3.8, 4) is 17.0 Å². The molecule has 0 aliphatic carbocycles. The molecule has 0 saturated heterocycles. The second-order valence-electron chi connectivity index (χ2n) is 4.09. The molecular weight excluding hydrogens is 283 g/mol. The van der Waals surface area contributed by atoms with Crippen LogP contribution in [0.3, 0.4) is 0 Å². The molecule has 0 spiro atoms. The Kier molecular flexibility index (Phi) is 3.09. The third-order valence-corrected chi connectivity index (χ3v) is 3.62. The van der Waals surface area contributed by atoms with E-state index in [0.717, 1.165) is 22.7 Å². The zero-order valence-corrected chi connectivity index (χ0v) is 11.6. The lowest BCUT2D eigenvalue weighted by Gasteiger charge is -1.98. The molecule has 0 bridgehead atoms. The first kappa shape index (κ1) is 12.3. The summed E-state index contributed by atoms with van der Waals surface area (Å²) < 4.78 is 7.11. The third-order valence-electron chi connectivity index (χ3n) is 2.88. The van der Waals surface area contributed by atoms with Crippen LogP contribution in [0.1, 0.15) is 0 Å². The second-order valence-corrected chi connectivity index (χ2v) is 4.90. The fourth-order valence-electron chi connectivity index (χ4n) is 1.88. The first-order valence-electron chi connectivity index (χ1n) is 5.65. The highest BCUT2D eigenvalue weighted by molar-refractivity contribution is 6.42. The summed E-state index contributed by atoms with van der Waals surface area (Å²) in [4.78, 5) is 4.54. The van der Waals surface area contributed by atoms with Crippen molar-refractivity contribution in [2.75, 3.05) is 7.11 Å². The number of hydrogen-bond acceptors (Lipinski definition) is 2. The normalized spacial score (nSPS) is 10.9. The van der Waals surface area contributed by atoms with Gasteiger partial charge in [0, 0.05) is 24.0 Å². The van der Waals surface area contributed by atoms with Gasteiger partial charge in [0.1, 0.15) is 11.4 Å². The second kappa shape index (κ2) is 4.76. The molecule has 0 fully saturated rings. The molecule has 0 radical (unpaired) electrons. The number of ether oxygens (including phenoxy) is 1. The van der Waals surface area contributed by atoms with Crippen LogP contribution in [0.4, 0.5) is 0 Å². The van der Waals surface area contributed by atoms with E-state index in [1.54, 1.807) is 13.2 Å². The Labute approximate surface area is 120 Å². The Bertz CT molecular complexity index is 752. The third kappa shape index (κ3) is 2.27. The first-order chi connectivity index (χ1) is 9.17. The van der Waals surface area contributed by atoms with E-state index in [0.29, 0.717) is 10.0 Å². The van der Waals surface area contributed by atoms with Crippen LogP contribution in [0.2, 0.25) is 10.0 Å². The summed E-state index contributed by atoms with van der Waals surface area (Å²) in [7, 11) is 1.63. The van der Waals surface area contributed by atoms with Gasteiger partial charge >= 0.3 is 0 Å². The summed E-state index contributed by atoms with van der Waals surface area (Å²) in [6, 6.07) is 9.23. The van der Waals surface area contributed by atoms with E-state index in [2.05, 4.69) is 4.98 Å². The Morgan fingerprint density at radius 1 is 1.11 bits per heavy atom. The van der Waals surface area contributed by atoms with Crippen molar-refractivity contribution in [2.24, 2.45) is 0 Å². The van der Waals surface area contributed by atoms with Crippen LogP contribution < -0.4 is 4.74 Å². The van der Waals surface area contributed by atoms with Crippen LogP contribution >= 0.6 is 23.2 Å². The maximum absolute atomic E-state index is 6.02. The highest BCUT2D eigenvalue weighted by Crippen LogP contribution is 2.28. The van der Waals surface area contributed by atoms with Crippen LogP contribution in [0.25, 0.3) is 16.9 Å². The van der Waals surface area contributed by atoms with E-state index in [4.69, 9.17) is 27.9 Å². The standard InChI is InChI=1S/C14H10Cl2N2O/c1-19-10-4-5-18-8-13(17-14(18)7-10)9-2-3-11(15)12(16)6-9/h2-8H,1H3. The minimum atomic E-state index is 0.522. The van der Waals surface area contributed by atoms with E-state index in [-0.39, 0.29) is 0 Å². The molecule has 3 aromatic rings. The smallest absolute Gasteiger partial charge is 0.141 e. The van der Waals surface area contributed by atoms with Crippen LogP contribution in [0.5, 0.6) is 5.75 Å². The topological polar surface area (TPSA) is 26.5 Å². The minimum Gasteiger partial charge on any atom is -0.497 e. The molecule has 0 aliphatic rings. The van der Waals surface area contributed by atoms with Gasteiger partial charge in [-0.1, -0.05) is 29.3 Å². The number of fused-ring (bicyclic) bond motifs is 1. The molecule has 19 heavy (non-hydrogen) atoms. The number of rotatable bonds is 2. The fraction of sp³-hybridized carbons (Fsp3) is 0.0714. The summed E-state index contributed by atoms with van der Waals surface area (Å²) in [6.07, 6.45) is 3.84. The SMILES string of the molecule is COc1ccn2cc(-c3ccc(Cl)c(Cl)c3)nc2c1. The van der Waals surface area contributed by atoms with Gasteiger partial charge in [0.05, 0.1) is 22.8 Å². The van der Waals surface area contributed by atoms with Crippen molar-refractivity contribution < 1.29 is 4.74 Å². The van der Waals surface area contributed by atoms with Crippen molar-refractivity contribution in [2.45, 2.75) is 0 Å². The van der Waals surface area contributed by atoms with Gasteiger partial charge in [-0.15, -0.1) is 0 Å². The van der Waals surface area contributed by atoms with Crippen LogP contribution in [-0.4, -0.2) is 16.5 Å². The Hall–Kier alpha value is -1.71. The van der Waals surface area contributed by atoms with Crippen molar-refractivity contribution >= 4 is 28.8 Å². The molecule has 0 N–H and O–H groups in total. The molecule has 0 amide bonds. The quantitative estimate of drug-likeness (QED) is 0.703. The van der Waals surface area contributed by atoms with E-state index in [1.807, 2.05) is 41.1 Å². The van der Waals surface area contributed by atoms with E-state index >= 15 is 0 Å². The number of aromatic nitrogens is 2. The zero-order chi connectivity index (χ0) is 13.4. The van der Waals surface area contributed by atoms with Gasteiger partial charge in [-0.05, 0) is 18.2 Å². The molecule has 1 aromatic carbocycles. The summed E-state index contributed by atoms with van der Waals surface area (Å²) in [5, 5.41) is 1.06. The average Bonchev–Trinajstić information content (AvgIpc) is 2.84. The first-order valence-corrected chi connectivity index (χ1v) is 6.41. The van der Waals surface area contributed by atoms with Crippen molar-refractivity contribution in [1.29, 1.82) is 0 Å². The summed E-state index contributed by atoms with van der Waals surface area (Å²) in [6.45, 7) is 0. The van der Waals surface area contributed by atoms with Gasteiger partial charge in [0.15, 0.2) is 0 Å². The molecule has 5 heteroatoms. The van der Waals surface area contributed by atoms with Crippen molar-refractivity contribution in [3.63, 3.8) is 0 Å². The molecule has 3 rings (SSSR count). The maximum atomic E-state index is 6.02. The molecule has 0 atom stereocenters. The molecule has 0 aliphatic heterocycles. The fourth-order valence-corrected chi connectivity index (χ4v) is 2.18. The zero-order valence-electron chi connectivity index (χ0n) is 10.1. The summed E-state index contributed by atoms with van der Waals surface area (Å²) in [5.74, 6) is 0.777. The molecular formula is C14H10Cl2N2O. The van der Waals surface area contributed by atoms with Gasteiger partial charge in [0.25, 0.3) is 0 Å². The minimum absolute atomic E-state index is 0.522. The van der Waals surface area contributed by atoms with E-state index < -0.39 is 0 Å². The monoisotopic (exact) mass is 292 g/mol. The lowest BCUT2D eigenvalue weighted by molar-refractivity contribution is 0.414. The number of methoxy groups -OCH3 is 1. The van der Waals surface area contributed by atoms with E-state index in [9.17, 15) is 0 Å². The Balaban J connectivity index is 2.11. The van der Waals surface area contributed by atoms with Gasteiger partial charge in [-0.25, -0.2) is 4.98 Å². The van der Waals surface area contributed by atoms with Crippen LogP contribution in [0.15, 0.2) is 42.7 Å². The number of pyridine rings is 1. The molecule has 2 heterocycles. The van der Waals surface area contributed by atoms with Crippen molar-refractivity contribution in [3.05, 3.63) is 52.8 Å². The average molecular weight is 293 g/mol. The lowest BCUT2D eigenvalue weighted by atomic mass is 10.2. The number of hydrogen-bond donors (Lipinski definition) is 0. The number of imidazole rings is 1. The molecule has 96 valence electrons. The molecule has 0 unspecified atom stereocenters. The lowest BCUT2D eigenvalue weighted by Crippen LogP contribution is -1.86. The number of nitrogens with zero attached hydrogens (tertiary/aromatic N) is 2. The summed E-state index contributed by atoms with van der Waals surface area (Å²) in [5.41, 5.74) is 2.59. The van der Waals surface area contributed by atoms with Crippen molar-refractivity contribution in [1.82, 2.24) is 9.38 Å². The predicted octanol–water partition coefficient (Wildman–Crippen LogP) is 4.32. The highest BCUT2D eigenvalue weighted by atomic mass is 35.5. The number of benzene rings is 1. The van der Waals surface area contributed by atoms with Gasteiger partial charge in [0.2, 0.25) is 0 Å². The maximum Gasteiger partial charge on any atom is 0.141 e. The van der Waals surface area contributed by atoms with Crippen LogP contribution in [0, 0.1) is 0 Å². The van der Waals surface area contributed by atoms with Crippen LogP contribution in [-0.2, 0) is 0 Å². The van der Waals surface area contributed by atoms with Gasteiger partial charge in [-0.2, -0.15) is 0 Å². The number of halogens is 2. The largest absolute Gasteiger partial charge is 0.497 e. The molecule has 2 aromatic heterocycles. The Morgan fingerprint density at radius 2 is 1.95 bits per heavy atom. The Morgan fingerprint density at radius 3 is 2.68 bits per heavy atom. The van der Waals surface area contributed by atoms with Gasteiger partial charge in [-0.3, -0.25) is 0 Å². The summed E-state index contributed by atoms with van der Waals surface area (Å²) >= 11 is 11.9.